The van der Waals surface area contributed by atoms with Crippen LogP contribution in [0.4, 0.5) is 4.39 Å². The zero-order chi connectivity index (χ0) is 8.91. The molecule has 0 rings (SSSR count). The van der Waals surface area contributed by atoms with E-state index in [9.17, 15) is 9.18 Å². The van der Waals surface area contributed by atoms with E-state index in [0.29, 0.717) is 0 Å². The van der Waals surface area contributed by atoms with Crippen molar-refractivity contribution in [2.75, 3.05) is 0 Å². The number of carboxylic acid groups (broad SMARTS) is 1. The molecule has 0 aliphatic carbocycles. The quantitative estimate of drug-likeness (QED) is 0.633. The van der Waals surface area contributed by atoms with Gasteiger partial charge in [0.15, 0.2) is 0 Å². The fourth-order valence-electron chi connectivity index (χ4n) is 0.580. The van der Waals surface area contributed by atoms with Crippen LogP contribution in [0.2, 0.25) is 0 Å². The zero-order valence-corrected chi connectivity index (χ0v) is 6.65. The summed E-state index contributed by atoms with van der Waals surface area (Å²) in [6.45, 7) is 3.05. The van der Waals surface area contributed by atoms with Crippen LogP contribution >= 0.6 is 0 Å². The smallest absolute Gasteiger partial charge is 0.342 e. The Balaban J connectivity index is 4.30. The Morgan fingerprint density at radius 3 is 2.55 bits per heavy atom. The molecule has 1 unspecified atom stereocenters. The number of aliphatic carboxylic acids is 1. The Morgan fingerprint density at radius 2 is 2.27 bits per heavy atom. The molecule has 0 aliphatic heterocycles. The molecule has 1 atom stereocenters. The lowest BCUT2D eigenvalue weighted by molar-refractivity contribution is -0.150. The molecular weight excluding hydrogens is 147 g/mol. The Morgan fingerprint density at radius 1 is 1.73 bits per heavy atom. The molecule has 2 nitrogen and oxygen atoms in total. The van der Waals surface area contributed by atoms with Gasteiger partial charge in [-0.3, -0.25) is 0 Å². The molecule has 3 heteroatoms. The summed E-state index contributed by atoms with van der Waals surface area (Å²) >= 11 is 0. The molecule has 0 spiro atoms. The topological polar surface area (TPSA) is 37.3 Å². The molecule has 0 aliphatic rings. The van der Waals surface area contributed by atoms with E-state index in [-0.39, 0.29) is 12.8 Å². The van der Waals surface area contributed by atoms with Crippen molar-refractivity contribution in [1.29, 1.82) is 0 Å². The first kappa shape index (κ1) is 9.96. The summed E-state index contributed by atoms with van der Waals surface area (Å²) in [6.07, 6.45) is -0.271. The lowest BCUT2D eigenvalue weighted by Gasteiger charge is -2.14. The first-order valence-electron chi connectivity index (χ1n) is 3.38. The van der Waals surface area contributed by atoms with Gasteiger partial charge in [0.1, 0.15) is 0 Å². The van der Waals surface area contributed by atoms with E-state index in [2.05, 4.69) is 11.8 Å². The molecule has 0 saturated carbocycles. The fourth-order valence-corrected chi connectivity index (χ4v) is 0.580. The number of hydrogen-bond acceptors (Lipinski definition) is 1. The van der Waals surface area contributed by atoms with Gasteiger partial charge in [-0.05, 0) is 13.3 Å². The lowest BCUT2D eigenvalue weighted by Crippen LogP contribution is -2.32. The van der Waals surface area contributed by atoms with Crippen LogP contribution in [0.5, 0.6) is 0 Å². The molecule has 0 bridgehead atoms. The lowest BCUT2D eigenvalue weighted by atomic mass is 9.99. The maximum atomic E-state index is 13.1. The zero-order valence-electron chi connectivity index (χ0n) is 6.65. The molecule has 0 amide bonds. The second kappa shape index (κ2) is 3.97. The average molecular weight is 158 g/mol. The number of hydrogen-bond donors (Lipinski definition) is 1. The Bertz CT molecular complexity index is 202. The van der Waals surface area contributed by atoms with Gasteiger partial charge in [0.25, 0.3) is 0 Å². The van der Waals surface area contributed by atoms with E-state index in [1.807, 2.05) is 0 Å². The second-order valence-corrected chi connectivity index (χ2v) is 2.23. The van der Waals surface area contributed by atoms with Crippen LogP contribution in [0.25, 0.3) is 0 Å². The Labute approximate surface area is 65.4 Å². The summed E-state index contributed by atoms with van der Waals surface area (Å²) in [5, 5.41) is 8.42. The number of carboxylic acids is 1. The largest absolute Gasteiger partial charge is 0.479 e. The molecule has 0 radical (unpaired) electrons. The monoisotopic (exact) mass is 158 g/mol. The van der Waals surface area contributed by atoms with Crippen molar-refractivity contribution in [3.63, 3.8) is 0 Å². The van der Waals surface area contributed by atoms with Gasteiger partial charge in [0.2, 0.25) is 5.67 Å². The minimum atomic E-state index is -2.16. The van der Waals surface area contributed by atoms with E-state index in [1.165, 1.54) is 6.92 Å². The Kier molecular flexibility index (Phi) is 3.59. The standard InChI is InChI=1S/C8H11FO2/c1-3-5-6-8(9,4-2)7(10)11/h4,6H2,1-2H3,(H,10,11). The molecule has 0 saturated heterocycles. The number of rotatable bonds is 3. The van der Waals surface area contributed by atoms with Gasteiger partial charge in [-0.25, -0.2) is 9.18 Å². The number of alkyl halides is 1. The van der Waals surface area contributed by atoms with E-state index in [1.54, 1.807) is 6.92 Å². The van der Waals surface area contributed by atoms with Crippen molar-refractivity contribution in [2.45, 2.75) is 32.4 Å². The van der Waals surface area contributed by atoms with E-state index in [0.717, 1.165) is 0 Å². The van der Waals surface area contributed by atoms with Crippen molar-refractivity contribution >= 4 is 5.97 Å². The fraction of sp³-hybridized carbons (Fsp3) is 0.625. The highest BCUT2D eigenvalue weighted by molar-refractivity contribution is 5.77. The molecule has 0 fully saturated rings. The van der Waals surface area contributed by atoms with Crippen LogP contribution in [0.3, 0.4) is 0 Å². The highest BCUT2D eigenvalue weighted by Gasteiger charge is 2.35. The Hall–Kier alpha value is -1.04. The maximum absolute atomic E-state index is 13.1. The van der Waals surface area contributed by atoms with Gasteiger partial charge in [0.05, 0.1) is 6.42 Å². The van der Waals surface area contributed by atoms with Crippen LogP contribution in [0.1, 0.15) is 26.7 Å². The SMILES string of the molecule is CC#CCC(F)(CC)C(=O)O. The maximum Gasteiger partial charge on any atom is 0.342 e. The van der Waals surface area contributed by atoms with Gasteiger partial charge in [-0.2, -0.15) is 0 Å². The minimum absolute atomic E-state index is 0.0446. The highest BCUT2D eigenvalue weighted by atomic mass is 19.1. The predicted molar refractivity (Wildman–Crippen MR) is 39.8 cm³/mol. The summed E-state index contributed by atoms with van der Waals surface area (Å²) < 4.78 is 13.1. The first-order valence-corrected chi connectivity index (χ1v) is 3.38. The van der Waals surface area contributed by atoms with Crippen LogP contribution < -0.4 is 0 Å². The molecule has 0 aromatic heterocycles. The van der Waals surface area contributed by atoms with Crippen molar-refractivity contribution in [3.8, 4) is 11.8 Å². The molecular formula is C8H11FO2. The normalized spacial score (nSPS) is 14.5. The molecule has 1 N–H and O–H groups in total. The van der Waals surface area contributed by atoms with Crippen LogP contribution in [0.15, 0.2) is 0 Å². The van der Waals surface area contributed by atoms with E-state index in [4.69, 9.17) is 5.11 Å². The van der Waals surface area contributed by atoms with Gasteiger partial charge >= 0.3 is 5.97 Å². The first-order chi connectivity index (χ1) is 5.06. The van der Waals surface area contributed by atoms with Gasteiger partial charge < -0.3 is 5.11 Å². The van der Waals surface area contributed by atoms with Crippen molar-refractivity contribution < 1.29 is 14.3 Å². The van der Waals surface area contributed by atoms with Gasteiger partial charge in [-0.1, -0.05) is 12.8 Å². The molecule has 0 aromatic rings. The number of halogens is 1. The summed E-state index contributed by atoms with van der Waals surface area (Å²) in [4.78, 5) is 10.3. The third-order valence-electron chi connectivity index (χ3n) is 1.49. The van der Waals surface area contributed by atoms with Crippen LogP contribution in [-0.4, -0.2) is 16.7 Å². The minimum Gasteiger partial charge on any atom is -0.479 e. The van der Waals surface area contributed by atoms with Gasteiger partial charge in [-0.15, -0.1) is 5.92 Å². The highest BCUT2D eigenvalue weighted by Crippen LogP contribution is 2.19. The van der Waals surface area contributed by atoms with E-state index < -0.39 is 11.6 Å². The van der Waals surface area contributed by atoms with Crippen LogP contribution in [-0.2, 0) is 4.79 Å². The van der Waals surface area contributed by atoms with E-state index >= 15 is 0 Å². The van der Waals surface area contributed by atoms with Gasteiger partial charge in [0, 0.05) is 0 Å². The third-order valence-corrected chi connectivity index (χ3v) is 1.49. The summed E-state index contributed by atoms with van der Waals surface area (Å²) in [6, 6.07) is 0. The summed E-state index contributed by atoms with van der Waals surface area (Å²) in [5.74, 6) is 3.45. The molecule has 62 valence electrons. The molecule has 11 heavy (non-hydrogen) atoms. The third kappa shape index (κ3) is 2.58. The summed E-state index contributed by atoms with van der Waals surface area (Å²) in [7, 11) is 0. The average Bonchev–Trinajstić information content (AvgIpc) is 2.00. The predicted octanol–water partition coefficient (Wildman–Crippen LogP) is 1.60. The van der Waals surface area contributed by atoms with Crippen molar-refractivity contribution in [1.82, 2.24) is 0 Å². The summed E-state index contributed by atoms with van der Waals surface area (Å²) in [5.41, 5.74) is -2.16. The second-order valence-electron chi connectivity index (χ2n) is 2.23. The van der Waals surface area contributed by atoms with Crippen LogP contribution in [0, 0.1) is 11.8 Å². The molecule has 0 heterocycles. The van der Waals surface area contributed by atoms with Crippen molar-refractivity contribution in [3.05, 3.63) is 0 Å². The van der Waals surface area contributed by atoms with Crippen molar-refractivity contribution in [2.24, 2.45) is 0 Å². The number of carbonyl (C=O) groups is 1. The molecule has 0 aromatic carbocycles.